The van der Waals surface area contributed by atoms with Gasteiger partial charge in [0.2, 0.25) is 5.95 Å². The molecule has 0 radical (unpaired) electrons. The summed E-state index contributed by atoms with van der Waals surface area (Å²) in [4.78, 5) is 38.3. The number of benzene rings is 1. The first kappa shape index (κ1) is 25.7. The maximum Gasteiger partial charge on any atom is 0.293 e. The molecule has 192 valence electrons. The Labute approximate surface area is 215 Å². The SMILES string of the molecule is CCCCn1c(=O)c(OCC(=O)NC)cc2cc(Nc3nc(N4CCN(C)CC4)ncc3Cl)ccc21. The van der Waals surface area contributed by atoms with Gasteiger partial charge in [-0.25, -0.2) is 4.98 Å². The minimum atomic E-state index is -0.306. The van der Waals surface area contributed by atoms with Gasteiger partial charge in [-0.3, -0.25) is 9.59 Å². The van der Waals surface area contributed by atoms with Gasteiger partial charge in [-0.1, -0.05) is 24.9 Å². The van der Waals surface area contributed by atoms with Crippen LogP contribution < -0.4 is 25.8 Å². The minimum absolute atomic E-state index is 0.136. The molecule has 0 bridgehead atoms. The van der Waals surface area contributed by atoms with Crippen molar-refractivity contribution in [3.63, 3.8) is 0 Å². The monoisotopic (exact) mass is 513 g/mol. The van der Waals surface area contributed by atoms with Crippen molar-refractivity contribution in [2.45, 2.75) is 26.3 Å². The highest BCUT2D eigenvalue weighted by molar-refractivity contribution is 6.32. The van der Waals surface area contributed by atoms with Crippen molar-refractivity contribution in [1.29, 1.82) is 0 Å². The molecule has 11 heteroatoms. The Hall–Kier alpha value is -3.37. The van der Waals surface area contributed by atoms with Crippen molar-refractivity contribution in [3.8, 4) is 5.75 Å². The molecule has 3 aromatic rings. The predicted molar refractivity (Wildman–Crippen MR) is 143 cm³/mol. The highest BCUT2D eigenvalue weighted by Gasteiger charge is 2.18. The number of unbranched alkanes of at least 4 members (excludes halogenated alkanes) is 1. The lowest BCUT2D eigenvalue weighted by Crippen LogP contribution is -2.45. The second-order valence-electron chi connectivity index (χ2n) is 8.84. The molecular weight excluding hydrogens is 482 g/mol. The van der Waals surface area contributed by atoms with E-state index in [2.05, 4.69) is 44.4 Å². The smallest absolute Gasteiger partial charge is 0.293 e. The summed E-state index contributed by atoms with van der Waals surface area (Å²) in [5.74, 6) is 0.973. The average molecular weight is 514 g/mol. The lowest BCUT2D eigenvalue weighted by Gasteiger charge is -2.32. The molecule has 3 heterocycles. The zero-order chi connectivity index (χ0) is 25.7. The van der Waals surface area contributed by atoms with Gasteiger partial charge in [-0.15, -0.1) is 0 Å². The van der Waals surface area contributed by atoms with Gasteiger partial charge in [-0.05, 0) is 37.7 Å². The molecule has 0 saturated carbocycles. The fraction of sp³-hybridized carbons (Fsp3) is 0.440. The summed E-state index contributed by atoms with van der Waals surface area (Å²) in [6, 6.07) is 7.38. The van der Waals surface area contributed by atoms with Gasteiger partial charge >= 0.3 is 0 Å². The molecule has 10 nitrogen and oxygen atoms in total. The average Bonchev–Trinajstić information content (AvgIpc) is 2.88. The number of halogens is 1. The summed E-state index contributed by atoms with van der Waals surface area (Å²) in [5, 5.41) is 7.01. The van der Waals surface area contributed by atoms with Crippen LogP contribution in [0.5, 0.6) is 5.75 Å². The number of ether oxygens (including phenoxy) is 1. The van der Waals surface area contributed by atoms with Gasteiger partial charge in [0.25, 0.3) is 11.5 Å². The first-order valence-corrected chi connectivity index (χ1v) is 12.5. The molecule has 2 N–H and O–H groups in total. The normalized spacial score (nSPS) is 14.2. The second kappa shape index (κ2) is 11.6. The first-order chi connectivity index (χ1) is 17.4. The van der Waals surface area contributed by atoms with Crippen molar-refractivity contribution in [1.82, 2.24) is 24.8 Å². The molecular formula is C25H32ClN7O3. The van der Waals surface area contributed by atoms with Crippen LogP contribution >= 0.6 is 11.6 Å². The minimum Gasteiger partial charge on any atom is -0.478 e. The lowest BCUT2D eigenvalue weighted by atomic mass is 10.1. The number of rotatable bonds is 9. The van der Waals surface area contributed by atoms with E-state index >= 15 is 0 Å². The Morgan fingerprint density at radius 1 is 1.19 bits per heavy atom. The molecule has 36 heavy (non-hydrogen) atoms. The van der Waals surface area contributed by atoms with E-state index in [0.29, 0.717) is 23.3 Å². The van der Waals surface area contributed by atoms with Crippen LogP contribution in [-0.2, 0) is 11.3 Å². The van der Waals surface area contributed by atoms with Crippen LogP contribution in [-0.4, -0.2) is 72.2 Å². The van der Waals surface area contributed by atoms with Gasteiger partial charge < -0.3 is 29.7 Å². The number of nitrogens with zero attached hydrogens (tertiary/aromatic N) is 5. The summed E-state index contributed by atoms with van der Waals surface area (Å²) in [5.41, 5.74) is 1.29. The molecule has 1 aliphatic rings. The van der Waals surface area contributed by atoms with Gasteiger partial charge in [0.1, 0.15) is 5.02 Å². The fourth-order valence-corrected chi connectivity index (χ4v) is 4.18. The number of aryl methyl sites for hydroxylation is 1. The van der Waals surface area contributed by atoms with Crippen LogP contribution in [0.1, 0.15) is 19.8 Å². The van der Waals surface area contributed by atoms with Crippen LogP contribution in [0.25, 0.3) is 10.9 Å². The summed E-state index contributed by atoms with van der Waals surface area (Å²) in [6.45, 7) is 6.00. The molecule has 1 saturated heterocycles. The quantitative estimate of drug-likeness (QED) is 0.450. The Morgan fingerprint density at radius 3 is 2.69 bits per heavy atom. The topological polar surface area (TPSA) is 105 Å². The van der Waals surface area contributed by atoms with Gasteiger partial charge in [0.15, 0.2) is 18.2 Å². The second-order valence-corrected chi connectivity index (χ2v) is 9.24. The van der Waals surface area contributed by atoms with Crippen molar-refractivity contribution < 1.29 is 9.53 Å². The van der Waals surface area contributed by atoms with Crippen molar-refractivity contribution >= 4 is 45.9 Å². The Morgan fingerprint density at radius 2 is 1.97 bits per heavy atom. The number of amides is 1. The summed E-state index contributed by atoms with van der Waals surface area (Å²) < 4.78 is 7.27. The van der Waals surface area contributed by atoms with Crippen LogP contribution in [0.15, 0.2) is 35.3 Å². The zero-order valence-electron chi connectivity index (χ0n) is 20.9. The molecule has 1 aromatic carbocycles. The molecule has 1 fully saturated rings. The molecule has 4 rings (SSSR count). The fourth-order valence-electron chi connectivity index (χ4n) is 4.04. The van der Waals surface area contributed by atoms with E-state index in [0.717, 1.165) is 55.6 Å². The van der Waals surface area contributed by atoms with E-state index in [9.17, 15) is 9.59 Å². The van der Waals surface area contributed by atoms with Gasteiger partial charge in [0.05, 0.1) is 11.7 Å². The van der Waals surface area contributed by atoms with E-state index in [1.807, 2.05) is 18.2 Å². The largest absolute Gasteiger partial charge is 0.478 e. The third-order valence-electron chi connectivity index (χ3n) is 6.21. The number of anilines is 3. The number of aromatic nitrogens is 3. The molecule has 1 aliphatic heterocycles. The van der Waals surface area contributed by atoms with Gasteiger partial charge in [0, 0.05) is 50.8 Å². The molecule has 2 aromatic heterocycles. The van der Waals surface area contributed by atoms with E-state index in [1.165, 1.54) is 7.05 Å². The van der Waals surface area contributed by atoms with Crippen molar-refractivity contribution in [2.24, 2.45) is 0 Å². The number of carbonyl (C=O) groups excluding carboxylic acids is 1. The Bertz CT molecular complexity index is 1290. The van der Waals surface area contributed by atoms with Crippen LogP contribution in [0.4, 0.5) is 17.5 Å². The number of nitrogens with one attached hydrogen (secondary N) is 2. The number of fused-ring (bicyclic) bond motifs is 1. The maximum absolute atomic E-state index is 13.1. The highest BCUT2D eigenvalue weighted by Crippen LogP contribution is 2.28. The third-order valence-corrected chi connectivity index (χ3v) is 6.49. The molecule has 0 aliphatic carbocycles. The van der Waals surface area contributed by atoms with Crippen LogP contribution in [0.2, 0.25) is 5.02 Å². The van der Waals surface area contributed by atoms with E-state index in [1.54, 1.807) is 16.8 Å². The number of carbonyl (C=O) groups is 1. The highest BCUT2D eigenvalue weighted by atomic mass is 35.5. The van der Waals surface area contributed by atoms with Crippen LogP contribution in [0.3, 0.4) is 0 Å². The van der Waals surface area contributed by atoms with Crippen molar-refractivity contribution in [2.75, 3.05) is 57.1 Å². The maximum atomic E-state index is 13.1. The Balaban J connectivity index is 1.65. The summed E-state index contributed by atoms with van der Waals surface area (Å²) >= 11 is 6.42. The van der Waals surface area contributed by atoms with E-state index in [-0.39, 0.29) is 23.8 Å². The molecule has 0 spiro atoms. The Kier molecular flexibility index (Phi) is 8.27. The molecule has 0 atom stereocenters. The number of piperazine rings is 1. The van der Waals surface area contributed by atoms with Crippen LogP contribution in [0, 0.1) is 0 Å². The number of hydrogen-bond donors (Lipinski definition) is 2. The number of likely N-dealkylation sites (N-methyl/N-ethyl adjacent to an activating group) is 2. The lowest BCUT2D eigenvalue weighted by molar-refractivity contribution is -0.122. The predicted octanol–water partition coefficient (Wildman–Crippen LogP) is 2.87. The zero-order valence-corrected chi connectivity index (χ0v) is 21.6. The van der Waals surface area contributed by atoms with Gasteiger partial charge in [-0.2, -0.15) is 4.98 Å². The summed E-state index contributed by atoms with van der Waals surface area (Å²) in [6.07, 6.45) is 3.40. The number of pyridine rings is 1. The van der Waals surface area contributed by atoms with E-state index < -0.39 is 0 Å². The first-order valence-electron chi connectivity index (χ1n) is 12.1. The molecule has 0 unspecified atom stereocenters. The summed E-state index contributed by atoms with van der Waals surface area (Å²) in [7, 11) is 3.63. The van der Waals surface area contributed by atoms with Crippen molar-refractivity contribution in [3.05, 3.63) is 45.8 Å². The molecule has 1 amide bonds. The number of hydrogen-bond acceptors (Lipinski definition) is 8. The van der Waals surface area contributed by atoms with E-state index in [4.69, 9.17) is 16.3 Å². The standard InChI is InChI=1S/C25H32ClN7O3/c1-4-5-8-33-20-7-6-18(13-17(20)14-21(24(33)35)36-16-22(34)27-2)29-23-19(26)15-28-25(30-23)32-11-9-31(3)10-12-32/h6-7,13-15H,4-5,8-12,16H2,1-3H3,(H,27,34)(H,28,29,30). The third kappa shape index (κ3) is 5.88.